The highest BCUT2D eigenvalue weighted by Crippen LogP contribution is 2.33. The Morgan fingerprint density at radius 2 is 1.83 bits per heavy atom. The second-order valence-electron chi connectivity index (χ2n) is 9.02. The lowest BCUT2D eigenvalue weighted by Crippen LogP contribution is -2.62. The minimum Gasteiger partial charge on any atom is -0.454 e. The molecular formula is C23H37N5O2. The zero-order valence-electron chi connectivity index (χ0n) is 18.8. The summed E-state index contributed by atoms with van der Waals surface area (Å²) in [4.78, 5) is 12.0. The first-order valence-corrected chi connectivity index (χ1v) is 11.3. The Morgan fingerprint density at radius 3 is 2.57 bits per heavy atom. The molecule has 3 aliphatic rings. The van der Waals surface area contributed by atoms with E-state index in [1.165, 1.54) is 63.8 Å². The Morgan fingerprint density at radius 1 is 1.10 bits per heavy atom. The van der Waals surface area contributed by atoms with Gasteiger partial charge in [-0.2, -0.15) is 0 Å². The predicted molar refractivity (Wildman–Crippen MR) is 120 cm³/mol. The number of piperidine rings is 2. The van der Waals surface area contributed by atoms with Crippen molar-refractivity contribution >= 4 is 5.96 Å². The predicted octanol–water partition coefficient (Wildman–Crippen LogP) is 2.37. The molecule has 0 unspecified atom stereocenters. The average molecular weight is 416 g/mol. The number of benzene rings is 1. The summed E-state index contributed by atoms with van der Waals surface area (Å²) in [6.45, 7) is 6.85. The van der Waals surface area contributed by atoms with Gasteiger partial charge in [0, 0.05) is 32.7 Å². The van der Waals surface area contributed by atoms with E-state index < -0.39 is 0 Å². The molecule has 7 nitrogen and oxygen atoms in total. The van der Waals surface area contributed by atoms with Crippen molar-refractivity contribution in [3.63, 3.8) is 0 Å². The molecule has 0 radical (unpaired) electrons. The number of nitrogens with zero attached hydrogens (tertiary/aromatic N) is 4. The molecule has 0 bridgehead atoms. The molecule has 2 saturated heterocycles. The zero-order chi connectivity index (χ0) is 21.0. The van der Waals surface area contributed by atoms with Crippen LogP contribution in [0.1, 0.15) is 37.7 Å². The number of rotatable bonds is 5. The first kappa shape index (κ1) is 21.2. The highest BCUT2D eigenvalue weighted by molar-refractivity contribution is 5.79. The van der Waals surface area contributed by atoms with Gasteiger partial charge in [0.2, 0.25) is 6.79 Å². The Kier molecular flexibility index (Phi) is 6.68. The summed E-state index contributed by atoms with van der Waals surface area (Å²) in [6.07, 6.45) is 6.48. The molecule has 0 spiro atoms. The van der Waals surface area contributed by atoms with Crippen molar-refractivity contribution < 1.29 is 9.47 Å². The number of ether oxygens (including phenoxy) is 2. The molecule has 3 heterocycles. The molecule has 2 fully saturated rings. The molecule has 166 valence electrons. The summed E-state index contributed by atoms with van der Waals surface area (Å²) in [5.74, 6) is 2.61. The Balaban J connectivity index is 1.40. The van der Waals surface area contributed by atoms with Gasteiger partial charge in [-0.05, 0) is 76.6 Å². The van der Waals surface area contributed by atoms with Crippen molar-refractivity contribution in [1.82, 2.24) is 20.0 Å². The van der Waals surface area contributed by atoms with Crippen LogP contribution in [0.2, 0.25) is 0 Å². The first-order valence-electron chi connectivity index (χ1n) is 11.3. The van der Waals surface area contributed by atoms with E-state index in [1.807, 2.05) is 13.1 Å². The number of aliphatic imine (C=N–C) groups is 1. The van der Waals surface area contributed by atoms with Crippen LogP contribution in [-0.4, -0.2) is 86.9 Å². The lowest BCUT2D eigenvalue weighted by molar-refractivity contribution is 0.0170. The molecule has 0 amide bonds. The van der Waals surface area contributed by atoms with Gasteiger partial charge in [0.05, 0.1) is 0 Å². The van der Waals surface area contributed by atoms with Crippen LogP contribution in [-0.2, 0) is 6.54 Å². The fourth-order valence-electron chi connectivity index (χ4n) is 5.02. The Bertz CT molecular complexity index is 739. The third-order valence-electron chi connectivity index (χ3n) is 6.95. The molecule has 1 aromatic rings. The van der Waals surface area contributed by atoms with E-state index in [4.69, 9.17) is 9.47 Å². The molecular weight excluding hydrogens is 378 g/mol. The lowest BCUT2D eigenvalue weighted by Gasteiger charge is -2.50. The van der Waals surface area contributed by atoms with Crippen LogP contribution in [0.3, 0.4) is 0 Å². The second-order valence-corrected chi connectivity index (χ2v) is 9.02. The molecule has 0 aliphatic carbocycles. The maximum Gasteiger partial charge on any atom is 0.231 e. The van der Waals surface area contributed by atoms with Crippen LogP contribution in [0, 0.1) is 0 Å². The van der Waals surface area contributed by atoms with Crippen LogP contribution in [0.15, 0.2) is 23.2 Å². The largest absolute Gasteiger partial charge is 0.454 e. The van der Waals surface area contributed by atoms with E-state index in [-0.39, 0.29) is 5.54 Å². The van der Waals surface area contributed by atoms with E-state index >= 15 is 0 Å². The molecule has 0 aromatic heterocycles. The van der Waals surface area contributed by atoms with Crippen molar-refractivity contribution in [2.24, 2.45) is 4.99 Å². The van der Waals surface area contributed by atoms with Gasteiger partial charge in [-0.25, -0.2) is 0 Å². The lowest BCUT2D eigenvalue weighted by atomic mass is 9.84. The van der Waals surface area contributed by atoms with Crippen molar-refractivity contribution in [3.8, 4) is 11.5 Å². The van der Waals surface area contributed by atoms with Crippen LogP contribution in [0.25, 0.3) is 0 Å². The minimum atomic E-state index is 0.239. The highest BCUT2D eigenvalue weighted by atomic mass is 16.7. The quantitative estimate of drug-likeness (QED) is 0.589. The molecule has 3 aliphatic heterocycles. The third-order valence-corrected chi connectivity index (χ3v) is 6.95. The number of guanidine groups is 1. The summed E-state index contributed by atoms with van der Waals surface area (Å²) >= 11 is 0. The fourth-order valence-corrected chi connectivity index (χ4v) is 5.02. The van der Waals surface area contributed by atoms with Gasteiger partial charge < -0.3 is 24.6 Å². The maximum atomic E-state index is 5.53. The molecule has 1 aromatic carbocycles. The normalized spacial score (nSPS) is 22.2. The van der Waals surface area contributed by atoms with Gasteiger partial charge in [0.15, 0.2) is 17.5 Å². The molecule has 7 heteroatoms. The Labute approximate surface area is 181 Å². The highest BCUT2D eigenvalue weighted by Gasteiger charge is 2.39. The van der Waals surface area contributed by atoms with Gasteiger partial charge >= 0.3 is 0 Å². The van der Waals surface area contributed by atoms with Gasteiger partial charge in [-0.3, -0.25) is 9.89 Å². The number of hydrogen-bond donors (Lipinski definition) is 1. The first-order chi connectivity index (χ1) is 14.6. The van der Waals surface area contributed by atoms with Crippen LogP contribution in [0.5, 0.6) is 11.5 Å². The standard InChI is InChI=1S/C23H37N5O2/c1-24-22(27(3)16-19-7-8-20-21(15-19)30-18-29-20)25-17-23(9-13-26(2)14-10-23)28-11-5-4-6-12-28/h7-8,15H,4-6,9-14,16-18H2,1-3H3,(H,24,25). The smallest absolute Gasteiger partial charge is 0.231 e. The van der Waals surface area contributed by atoms with Crippen molar-refractivity contribution in [2.45, 2.75) is 44.2 Å². The van der Waals surface area contributed by atoms with E-state index in [0.717, 1.165) is 30.5 Å². The van der Waals surface area contributed by atoms with E-state index in [2.05, 4.69) is 51.2 Å². The molecule has 0 atom stereocenters. The van der Waals surface area contributed by atoms with Crippen LogP contribution >= 0.6 is 0 Å². The van der Waals surface area contributed by atoms with Gasteiger partial charge in [0.25, 0.3) is 0 Å². The van der Waals surface area contributed by atoms with Gasteiger partial charge in [-0.15, -0.1) is 0 Å². The molecule has 1 N–H and O–H groups in total. The van der Waals surface area contributed by atoms with Crippen molar-refractivity contribution in [3.05, 3.63) is 23.8 Å². The van der Waals surface area contributed by atoms with Crippen LogP contribution in [0.4, 0.5) is 0 Å². The monoisotopic (exact) mass is 415 g/mol. The minimum absolute atomic E-state index is 0.239. The number of nitrogens with one attached hydrogen (secondary N) is 1. The number of likely N-dealkylation sites (tertiary alicyclic amines) is 2. The summed E-state index contributed by atoms with van der Waals surface area (Å²) in [7, 11) is 6.22. The SMILES string of the molecule is CN=C(NCC1(N2CCCCC2)CCN(C)CC1)N(C)Cc1ccc2c(c1)OCO2. The van der Waals surface area contributed by atoms with Crippen molar-refractivity contribution in [2.75, 3.05) is 60.7 Å². The molecule has 4 rings (SSSR count). The summed E-state index contributed by atoms with van der Waals surface area (Å²) < 4.78 is 11.0. The summed E-state index contributed by atoms with van der Waals surface area (Å²) in [6, 6.07) is 6.16. The topological polar surface area (TPSA) is 52.6 Å². The summed E-state index contributed by atoms with van der Waals surface area (Å²) in [5, 5.41) is 3.72. The number of fused-ring (bicyclic) bond motifs is 1. The Hall–Kier alpha value is -1.99. The third kappa shape index (κ3) is 4.67. The van der Waals surface area contributed by atoms with Gasteiger partial charge in [-0.1, -0.05) is 12.5 Å². The molecule has 30 heavy (non-hydrogen) atoms. The average Bonchev–Trinajstić information content (AvgIpc) is 3.24. The fraction of sp³-hybridized carbons (Fsp3) is 0.696. The summed E-state index contributed by atoms with van der Waals surface area (Å²) in [5.41, 5.74) is 1.43. The van der Waals surface area contributed by atoms with E-state index in [0.29, 0.717) is 6.79 Å². The number of hydrogen-bond acceptors (Lipinski definition) is 5. The van der Waals surface area contributed by atoms with Crippen LogP contribution < -0.4 is 14.8 Å². The second kappa shape index (κ2) is 9.43. The molecule has 0 saturated carbocycles. The maximum absolute atomic E-state index is 5.53. The van der Waals surface area contributed by atoms with Crippen molar-refractivity contribution in [1.29, 1.82) is 0 Å². The van der Waals surface area contributed by atoms with E-state index in [1.54, 1.807) is 0 Å². The van der Waals surface area contributed by atoms with E-state index in [9.17, 15) is 0 Å². The zero-order valence-corrected chi connectivity index (χ0v) is 18.8. The van der Waals surface area contributed by atoms with Gasteiger partial charge in [0.1, 0.15) is 0 Å².